The number of carbonyl (C=O) groups excluding carboxylic acids is 1. The van der Waals surface area contributed by atoms with Crippen molar-refractivity contribution in [1.29, 1.82) is 0 Å². The predicted molar refractivity (Wildman–Crippen MR) is 78.9 cm³/mol. The Bertz CT molecular complexity index is 485. The first-order valence-electron chi connectivity index (χ1n) is 7.44. The fourth-order valence-electron chi connectivity index (χ4n) is 3.28. The van der Waals surface area contributed by atoms with Gasteiger partial charge in [0.2, 0.25) is 0 Å². The molecule has 0 aliphatic carbocycles. The Hall–Kier alpha value is -1.62. The first kappa shape index (κ1) is 13.4. The second kappa shape index (κ2) is 5.79. The number of hydrogen-bond donors (Lipinski definition) is 1. The van der Waals surface area contributed by atoms with Crippen molar-refractivity contribution in [3.05, 3.63) is 24.0 Å². The van der Waals surface area contributed by atoms with Crippen LogP contribution >= 0.6 is 0 Å². The molecular weight excluding hydrogens is 252 g/mol. The minimum atomic E-state index is 0.101. The van der Waals surface area contributed by atoms with Crippen molar-refractivity contribution in [2.24, 2.45) is 0 Å². The van der Waals surface area contributed by atoms with E-state index in [4.69, 9.17) is 0 Å². The molecule has 108 valence electrons. The van der Waals surface area contributed by atoms with E-state index in [0.717, 1.165) is 25.2 Å². The molecule has 1 aromatic rings. The summed E-state index contributed by atoms with van der Waals surface area (Å²) in [5.74, 6) is 0.101. The minimum Gasteiger partial charge on any atom is -0.387 e. The number of rotatable bonds is 3. The average Bonchev–Trinajstić information content (AvgIpc) is 3.16. The Morgan fingerprint density at radius 3 is 2.90 bits per heavy atom. The summed E-state index contributed by atoms with van der Waals surface area (Å²) in [5, 5.41) is 3.07. The molecule has 1 unspecified atom stereocenters. The number of nitrogens with zero attached hydrogens (tertiary/aromatic N) is 3. The van der Waals surface area contributed by atoms with Gasteiger partial charge in [0.1, 0.15) is 0 Å². The Labute approximate surface area is 120 Å². The molecule has 0 saturated carbocycles. The van der Waals surface area contributed by atoms with E-state index < -0.39 is 0 Å². The molecule has 3 rings (SSSR count). The summed E-state index contributed by atoms with van der Waals surface area (Å²) in [4.78, 5) is 21.2. The highest BCUT2D eigenvalue weighted by molar-refractivity contribution is 5.99. The van der Waals surface area contributed by atoms with Crippen LogP contribution in [0.1, 0.15) is 29.6 Å². The number of pyridine rings is 1. The summed E-state index contributed by atoms with van der Waals surface area (Å²) in [5.41, 5.74) is 1.53. The molecule has 2 saturated heterocycles. The monoisotopic (exact) mass is 274 g/mol. The number of aromatic nitrogens is 1. The molecule has 0 bridgehead atoms. The zero-order chi connectivity index (χ0) is 13.9. The highest BCUT2D eigenvalue weighted by atomic mass is 16.2. The first-order chi connectivity index (χ1) is 9.79. The molecule has 0 radical (unpaired) electrons. The maximum Gasteiger partial charge on any atom is 0.257 e. The normalized spacial score (nSPS) is 23.2. The minimum absolute atomic E-state index is 0.101. The highest BCUT2D eigenvalue weighted by Gasteiger charge is 2.32. The summed E-state index contributed by atoms with van der Waals surface area (Å²) in [6.45, 7) is 4.11. The average molecular weight is 274 g/mol. The van der Waals surface area contributed by atoms with Gasteiger partial charge in [0.05, 0.1) is 5.56 Å². The third-order valence-corrected chi connectivity index (χ3v) is 4.43. The van der Waals surface area contributed by atoms with Crippen LogP contribution in [0.25, 0.3) is 0 Å². The number of anilines is 1. The standard InChI is InChI=1S/C15H22N4O/c1-16-14-4-6-17-10-13(14)15(20)19-9-5-12(11-19)18-7-2-3-8-18/h4,6,10,12H,2-3,5,7-9,11H2,1H3,(H,16,17). The van der Waals surface area contributed by atoms with Gasteiger partial charge in [0.25, 0.3) is 5.91 Å². The maximum absolute atomic E-state index is 12.6. The molecule has 1 amide bonds. The van der Waals surface area contributed by atoms with E-state index in [2.05, 4.69) is 15.2 Å². The zero-order valence-corrected chi connectivity index (χ0v) is 12.0. The molecular formula is C15H22N4O. The van der Waals surface area contributed by atoms with Crippen molar-refractivity contribution in [3.63, 3.8) is 0 Å². The van der Waals surface area contributed by atoms with Gasteiger partial charge in [0.15, 0.2) is 0 Å². The fraction of sp³-hybridized carbons (Fsp3) is 0.600. The van der Waals surface area contributed by atoms with Gasteiger partial charge in [-0.05, 0) is 38.4 Å². The zero-order valence-electron chi connectivity index (χ0n) is 12.0. The van der Waals surface area contributed by atoms with Gasteiger partial charge < -0.3 is 10.2 Å². The van der Waals surface area contributed by atoms with E-state index in [1.807, 2.05) is 18.0 Å². The molecule has 5 heteroatoms. The number of nitrogens with one attached hydrogen (secondary N) is 1. The van der Waals surface area contributed by atoms with Crippen LogP contribution in [0, 0.1) is 0 Å². The maximum atomic E-state index is 12.6. The SMILES string of the molecule is CNc1ccncc1C(=O)N1CCC(N2CCCC2)C1. The lowest BCUT2D eigenvalue weighted by molar-refractivity contribution is 0.0780. The predicted octanol–water partition coefficient (Wildman–Crippen LogP) is 1.43. The number of hydrogen-bond acceptors (Lipinski definition) is 4. The quantitative estimate of drug-likeness (QED) is 0.906. The van der Waals surface area contributed by atoms with Gasteiger partial charge in [-0.2, -0.15) is 0 Å². The van der Waals surface area contributed by atoms with E-state index >= 15 is 0 Å². The summed E-state index contributed by atoms with van der Waals surface area (Å²) >= 11 is 0. The van der Waals surface area contributed by atoms with Crippen LogP contribution in [0.2, 0.25) is 0 Å². The van der Waals surface area contributed by atoms with E-state index in [-0.39, 0.29) is 5.91 Å². The van der Waals surface area contributed by atoms with Crippen molar-refractivity contribution < 1.29 is 4.79 Å². The summed E-state index contributed by atoms with van der Waals surface area (Å²) in [6.07, 6.45) is 7.08. The van der Waals surface area contributed by atoms with E-state index in [1.54, 1.807) is 12.4 Å². The second-order valence-corrected chi connectivity index (χ2v) is 5.61. The fourth-order valence-corrected chi connectivity index (χ4v) is 3.28. The molecule has 2 aliphatic heterocycles. The lowest BCUT2D eigenvalue weighted by Crippen LogP contribution is -2.37. The number of carbonyl (C=O) groups is 1. The van der Waals surface area contributed by atoms with Crippen LogP contribution in [0.5, 0.6) is 0 Å². The molecule has 0 spiro atoms. The number of amides is 1. The van der Waals surface area contributed by atoms with Gasteiger partial charge in [0, 0.05) is 44.3 Å². The van der Waals surface area contributed by atoms with Gasteiger partial charge in [-0.25, -0.2) is 0 Å². The Morgan fingerprint density at radius 1 is 1.35 bits per heavy atom. The second-order valence-electron chi connectivity index (χ2n) is 5.61. The molecule has 20 heavy (non-hydrogen) atoms. The molecule has 1 aromatic heterocycles. The molecule has 2 aliphatic rings. The smallest absolute Gasteiger partial charge is 0.257 e. The summed E-state index contributed by atoms with van der Waals surface area (Å²) in [6, 6.07) is 2.40. The summed E-state index contributed by atoms with van der Waals surface area (Å²) < 4.78 is 0. The molecule has 3 heterocycles. The first-order valence-corrected chi connectivity index (χ1v) is 7.44. The highest BCUT2D eigenvalue weighted by Crippen LogP contribution is 2.23. The Balaban J connectivity index is 1.69. The van der Waals surface area contributed by atoms with E-state index in [0.29, 0.717) is 11.6 Å². The molecule has 2 fully saturated rings. The van der Waals surface area contributed by atoms with Crippen molar-refractivity contribution in [2.45, 2.75) is 25.3 Å². The van der Waals surface area contributed by atoms with Crippen molar-refractivity contribution in [1.82, 2.24) is 14.8 Å². The van der Waals surface area contributed by atoms with Crippen LogP contribution < -0.4 is 5.32 Å². The molecule has 5 nitrogen and oxygen atoms in total. The van der Waals surface area contributed by atoms with Crippen LogP contribution in [0.4, 0.5) is 5.69 Å². The van der Waals surface area contributed by atoms with Gasteiger partial charge in [-0.15, -0.1) is 0 Å². The Morgan fingerprint density at radius 2 is 2.15 bits per heavy atom. The summed E-state index contributed by atoms with van der Waals surface area (Å²) in [7, 11) is 1.84. The van der Waals surface area contributed by atoms with Crippen molar-refractivity contribution in [3.8, 4) is 0 Å². The van der Waals surface area contributed by atoms with Crippen molar-refractivity contribution >= 4 is 11.6 Å². The molecule has 0 aromatic carbocycles. The lowest BCUT2D eigenvalue weighted by Gasteiger charge is -2.24. The van der Waals surface area contributed by atoms with Crippen LogP contribution in [-0.4, -0.2) is 60.0 Å². The van der Waals surface area contributed by atoms with Crippen molar-refractivity contribution in [2.75, 3.05) is 38.5 Å². The third-order valence-electron chi connectivity index (χ3n) is 4.43. The van der Waals surface area contributed by atoms with E-state index in [1.165, 1.54) is 25.9 Å². The topological polar surface area (TPSA) is 48.5 Å². The van der Waals surface area contributed by atoms with Crippen LogP contribution in [0.3, 0.4) is 0 Å². The van der Waals surface area contributed by atoms with E-state index in [9.17, 15) is 4.79 Å². The third kappa shape index (κ3) is 2.50. The lowest BCUT2D eigenvalue weighted by atomic mass is 10.2. The van der Waals surface area contributed by atoms with Crippen LogP contribution in [0.15, 0.2) is 18.5 Å². The molecule has 1 N–H and O–H groups in total. The van der Waals surface area contributed by atoms with Gasteiger partial charge in [-0.1, -0.05) is 0 Å². The van der Waals surface area contributed by atoms with Gasteiger partial charge in [-0.3, -0.25) is 14.7 Å². The Kier molecular flexibility index (Phi) is 3.87. The van der Waals surface area contributed by atoms with Crippen LogP contribution in [-0.2, 0) is 0 Å². The molecule has 1 atom stereocenters. The largest absolute Gasteiger partial charge is 0.387 e. The number of likely N-dealkylation sites (tertiary alicyclic amines) is 2. The van der Waals surface area contributed by atoms with Gasteiger partial charge >= 0.3 is 0 Å².